The highest BCUT2D eigenvalue weighted by molar-refractivity contribution is 7.11. The standard InChI is InChI=1S/C14H19N3OS/c1-10(2)18-14-13(15-7-8-16-14)17(4)9-12-6-5-11(3)19-12/h5-8,10H,9H2,1-4H3. The van der Waals surface area contributed by atoms with Crippen LogP contribution in [0.1, 0.15) is 23.6 Å². The van der Waals surface area contributed by atoms with Crippen molar-refractivity contribution in [3.05, 3.63) is 34.3 Å². The molecular formula is C14H19N3OS. The first kappa shape index (κ1) is 13.8. The van der Waals surface area contributed by atoms with Crippen LogP contribution in [-0.2, 0) is 6.54 Å². The Balaban J connectivity index is 2.16. The van der Waals surface area contributed by atoms with E-state index in [4.69, 9.17) is 4.74 Å². The van der Waals surface area contributed by atoms with Crippen molar-refractivity contribution < 1.29 is 4.74 Å². The van der Waals surface area contributed by atoms with E-state index in [-0.39, 0.29) is 6.10 Å². The minimum absolute atomic E-state index is 0.0906. The monoisotopic (exact) mass is 277 g/mol. The predicted molar refractivity (Wildman–Crippen MR) is 79.0 cm³/mol. The average molecular weight is 277 g/mol. The second-order valence-corrected chi connectivity index (χ2v) is 6.09. The number of ether oxygens (including phenoxy) is 1. The zero-order chi connectivity index (χ0) is 13.8. The lowest BCUT2D eigenvalue weighted by Gasteiger charge is -2.20. The van der Waals surface area contributed by atoms with E-state index in [1.165, 1.54) is 9.75 Å². The molecule has 0 unspecified atom stereocenters. The molecule has 0 radical (unpaired) electrons. The van der Waals surface area contributed by atoms with Crippen molar-refractivity contribution in [3.63, 3.8) is 0 Å². The first-order valence-corrected chi connectivity index (χ1v) is 7.12. The molecule has 2 heterocycles. The lowest BCUT2D eigenvalue weighted by molar-refractivity contribution is 0.232. The van der Waals surface area contributed by atoms with Crippen LogP contribution in [0.5, 0.6) is 5.88 Å². The van der Waals surface area contributed by atoms with Crippen molar-refractivity contribution >= 4 is 17.2 Å². The fraction of sp³-hybridized carbons (Fsp3) is 0.429. The number of anilines is 1. The Morgan fingerprint density at radius 3 is 2.63 bits per heavy atom. The van der Waals surface area contributed by atoms with Gasteiger partial charge in [0, 0.05) is 29.2 Å². The molecule has 0 aliphatic carbocycles. The Morgan fingerprint density at radius 1 is 1.26 bits per heavy atom. The maximum atomic E-state index is 5.70. The van der Waals surface area contributed by atoms with E-state index in [0.29, 0.717) is 5.88 Å². The Hall–Kier alpha value is -1.62. The highest BCUT2D eigenvalue weighted by Crippen LogP contribution is 2.25. The van der Waals surface area contributed by atoms with Gasteiger partial charge in [0.25, 0.3) is 5.88 Å². The molecule has 0 aliphatic rings. The van der Waals surface area contributed by atoms with Crippen molar-refractivity contribution in [1.29, 1.82) is 0 Å². The van der Waals surface area contributed by atoms with Crippen LogP contribution in [0.2, 0.25) is 0 Å². The summed E-state index contributed by atoms with van der Waals surface area (Å²) in [5, 5.41) is 0. The fourth-order valence-electron chi connectivity index (χ4n) is 1.76. The van der Waals surface area contributed by atoms with Crippen LogP contribution < -0.4 is 9.64 Å². The third-order valence-electron chi connectivity index (χ3n) is 2.54. The van der Waals surface area contributed by atoms with Gasteiger partial charge in [-0.3, -0.25) is 0 Å². The Morgan fingerprint density at radius 2 is 2.00 bits per heavy atom. The molecule has 0 N–H and O–H groups in total. The molecule has 0 saturated carbocycles. The van der Waals surface area contributed by atoms with Crippen molar-refractivity contribution in [2.45, 2.75) is 33.4 Å². The molecule has 4 nitrogen and oxygen atoms in total. The van der Waals surface area contributed by atoms with Crippen LogP contribution in [-0.4, -0.2) is 23.1 Å². The lowest BCUT2D eigenvalue weighted by Crippen LogP contribution is -2.20. The van der Waals surface area contributed by atoms with Crippen LogP contribution in [0.4, 0.5) is 5.82 Å². The molecule has 2 rings (SSSR count). The molecule has 0 atom stereocenters. The fourth-order valence-corrected chi connectivity index (χ4v) is 2.71. The van der Waals surface area contributed by atoms with Crippen LogP contribution in [0.15, 0.2) is 24.5 Å². The molecule has 2 aromatic rings. The topological polar surface area (TPSA) is 38.2 Å². The van der Waals surface area contributed by atoms with E-state index in [1.807, 2.05) is 20.9 Å². The molecule has 0 saturated heterocycles. The maximum absolute atomic E-state index is 5.70. The van der Waals surface area contributed by atoms with Crippen LogP contribution in [0.3, 0.4) is 0 Å². The van der Waals surface area contributed by atoms with Gasteiger partial charge in [-0.15, -0.1) is 11.3 Å². The van der Waals surface area contributed by atoms with Gasteiger partial charge in [0.2, 0.25) is 0 Å². The molecule has 0 aliphatic heterocycles. The van der Waals surface area contributed by atoms with Crippen molar-refractivity contribution in [3.8, 4) is 5.88 Å². The van der Waals surface area contributed by atoms with Gasteiger partial charge in [-0.05, 0) is 32.9 Å². The molecule has 102 valence electrons. The van der Waals surface area contributed by atoms with Crippen molar-refractivity contribution in [2.24, 2.45) is 0 Å². The summed E-state index contributed by atoms with van der Waals surface area (Å²) >= 11 is 1.80. The highest BCUT2D eigenvalue weighted by atomic mass is 32.1. The van der Waals surface area contributed by atoms with Crippen LogP contribution in [0, 0.1) is 6.92 Å². The number of thiophene rings is 1. The molecule has 0 spiro atoms. The van der Waals surface area contributed by atoms with Gasteiger partial charge in [0.1, 0.15) is 0 Å². The molecule has 0 aromatic carbocycles. The second-order valence-electron chi connectivity index (χ2n) is 4.72. The smallest absolute Gasteiger partial charge is 0.257 e. The molecule has 19 heavy (non-hydrogen) atoms. The van der Waals surface area contributed by atoms with Crippen LogP contribution >= 0.6 is 11.3 Å². The van der Waals surface area contributed by atoms with Crippen molar-refractivity contribution in [2.75, 3.05) is 11.9 Å². The average Bonchev–Trinajstić information content (AvgIpc) is 2.74. The molecular weight excluding hydrogens is 258 g/mol. The number of hydrogen-bond donors (Lipinski definition) is 0. The summed E-state index contributed by atoms with van der Waals surface area (Å²) in [6, 6.07) is 4.28. The minimum Gasteiger partial charge on any atom is -0.472 e. The minimum atomic E-state index is 0.0906. The molecule has 2 aromatic heterocycles. The summed E-state index contributed by atoms with van der Waals surface area (Å²) in [5.41, 5.74) is 0. The third kappa shape index (κ3) is 3.67. The van der Waals surface area contributed by atoms with Gasteiger partial charge in [0.15, 0.2) is 5.82 Å². The number of hydrogen-bond acceptors (Lipinski definition) is 5. The van der Waals surface area contributed by atoms with Crippen LogP contribution in [0.25, 0.3) is 0 Å². The van der Waals surface area contributed by atoms with E-state index in [2.05, 4.69) is 33.9 Å². The van der Waals surface area contributed by atoms with Gasteiger partial charge in [-0.1, -0.05) is 0 Å². The first-order chi connectivity index (χ1) is 9.06. The lowest BCUT2D eigenvalue weighted by atomic mass is 10.4. The van der Waals surface area contributed by atoms with E-state index in [0.717, 1.165) is 12.4 Å². The largest absolute Gasteiger partial charge is 0.472 e. The quantitative estimate of drug-likeness (QED) is 0.840. The number of aryl methyl sites for hydroxylation is 1. The Kier molecular flexibility index (Phi) is 4.37. The zero-order valence-electron chi connectivity index (χ0n) is 11.8. The van der Waals surface area contributed by atoms with Gasteiger partial charge in [-0.25, -0.2) is 9.97 Å². The van der Waals surface area contributed by atoms with Gasteiger partial charge in [0.05, 0.1) is 12.6 Å². The van der Waals surface area contributed by atoms with Gasteiger partial charge < -0.3 is 9.64 Å². The summed E-state index contributed by atoms with van der Waals surface area (Å²) in [7, 11) is 2.01. The maximum Gasteiger partial charge on any atom is 0.257 e. The van der Waals surface area contributed by atoms with Crippen molar-refractivity contribution in [1.82, 2.24) is 9.97 Å². The Labute approximate surface area is 118 Å². The normalized spacial score (nSPS) is 10.8. The summed E-state index contributed by atoms with van der Waals surface area (Å²) in [5.74, 6) is 1.37. The summed E-state index contributed by atoms with van der Waals surface area (Å²) in [4.78, 5) is 13.3. The zero-order valence-corrected chi connectivity index (χ0v) is 12.6. The predicted octanol–water partition coefficient (Wildman–Crippen LogP) is 3.27. The van der Waals surface area contributed by atoms with E-state index >= 15 is 0 Å². The number of nitrogens with zero attached hydrogens (tertiary/aromatic N) is 3. The molecule has 0 amide bonds. The second kappa shape index (κ2) is 6.02. The van der Waals surface area contributed by atoms with E-state index in [1.54, 1.807) is 23.7 Å². The molecule has 5 heteroatoms. The first-order valence-electron chi connectivity index (χ1n) is 6.30. The number of aromatic nitrogens is 2. The summed E-state index contributed by atoms with van der Waals surface area (Å²) < 4.78 is 5.70. The highest BCUT2D eigenvalue weighted by Gasteiger charge is 2.13. The molecule has 0 fully saturated rings. The van der Waals surface area contributed by atoms with Gasteiger partial charge in [-0.2, -0.15) is 0 Å². The van der Waals surface area contributed by atoms with E-state index < -0.39 is 0 Å². The summed E-state index contributed by atoms with van der Waals surface area (Å²) in [6.45, 7) is 6.90. The third-order valence-corrected chi connectivity index (χ3v) is 3.53. The van der Waals surface area contributed by atoms with E-state index in [9.17, 15) is 0 Å². The summed E-state index contributed by atoms with van der Waals surface area (Å²) in [6.07, 6.45) is 3.44. The molecule has 0 bridgehead atoms. The van der Waals surface area contributed by atoms with Gasteiger partial charge >= 0.3 is 0 Å². The SMILES string of the molecule is Cc1ccc(CN(C)c2nccnc2OC(C)C)s1. The number of rotatable bonds is 5. The Bertz CT molecular complexity index is 539.